The molecule has 0 spiro atoms. The lowest BCUT2D eigenvalue weighted by atomic mass is 10.1. The van der Waals surface area contributed by atoms with Crippen LogP contribution >= 0.6 is 11.6 Å². The minimum atomic E-state index is -0.769. The quantitative estimate of drug-likeness (QED) is 0.822. The first-order valence-electron chi connectivity index (χ1n) is 4.40. The predicted octanol–water partition coefficient (Wildman–Crippen LogP) is 1.64. The van der Waals surface area contributed by atoms with Gasteiger partial charge in [-0.05, 0) is 6.07 Å². The smallest absolute Gasteiger partial charge is 0.199 e. The first kappa shape index (κ1) is 12.7. The van der Waals surface area contributed by atoms with Crippen molar-refractivity contribution in [2.24, 2.45) is 5.73 Å². The number of rotatable bonds is 4. The van der Waals surface area contributed by atoms with Gasteiger partial charge in [-0.1, -0.05) is 11.6 Å². The molecule has 0 aliphatic carbocycles. The maximum absolute atomic E-state index is 13.5. The molecule has 0 saturated carbocycles. The van der Waals surface area contributed by atoms with Crippen molar-refractivity contribution in [3.63, 3.8) is 0 Å². The molecule has 1 rings (SSSR count). The molecule has 0 aliphatic rings. The zero-order chi connectivity index (χ0) is 12.3. The Morgan fingerprint density at radius 1 is 1.44 bits per heavy atom. The van der Waals surface area contributed by atoms with Crippen molar-refractivity contribution >= 4 is 17.4 Å². The Hall–Kier alpha value is -1.33. The maximum Gasteiger partial charge on any atom is 0.199 e. The molecule has 1 aromatic rings. The van der Waals surface area contributed by atoms with Crippen molar-refractivity contribution in [3.8, 4) is 11.5 Å². The first-order chi connectivity index (χ1) is 7.56. The lowest BCUT2D eigenvalue weighted by Crippen LogP contribution is -2.15. The molecule has 6 heteroatoms. The van der Waals surface area contributed by atoms with Crippen LogP contribution in [0.5, 0.6) is 11.5 Å². The van der Waals surface area contributed by atoms with Gasteiger partial charge in [0.15, 0.2) is 23.1 Å². The van der Waals surface area contributed by atoms with Crippen LogP contribution in [-0.4, -0.2) is 26.5 Å². The minimum Gasteiger partial charge on any atom is -0.492 e. The molecular weight excluding hydrogens is 237 g/mol. The number of methoxy groups -OCH3 is 2. The molecule has 2 N–H and O–H groups in total. The molecule has 0 aromatic heterocycles. The molecule has 0 unspecified atom stereocenters. The van der Waals surface area contributed by atoms with Gasteiger partial charge in [-0.25, -0.2) is 4.39 Å². The van der Waals surface area contributed by atoms with Crippen molar-refractivity contribution < 1.29 is 18.7 Å². The van der Waals surface area contributed by atoms with E-state index >= 15 is 0 Å². The third-order valence-electron chi connectivity index (χ3n) is 2.03. The van der Waals surface area contributed by atoms with Crippen LogP contribution in [0.25, 0.3) is 0 Å². The number of halogens is 2. The molecule has 16 heavy (non-hydrogen) atoms. The average Bonchev–Trinajstić information content (AvgIpc) is 2.30. The molecule has 88 valence electrons. The van der Waals surface area contributed by atoms with Gasteiger partial charge >= 0.3 is 0 Å². The van der Waals surface area contributed by atoms with E-state index in [9.17, 15) is 9.18 Å². The van der Waals surface area contributed by atoms with E-state index in [0.717, 1.165) is 0 Å². The Labute approximate surface area is 97.1 Å². The lowest BCUT2D eigenvalue weighted by Gasteiger charge is -2.13. The Morgan fingerprint density at radius 2 is 2.00 bits per heavy atom. The molecule has 0 fully saturated rings. The van der Waals surface area contributed by atoms with Crippen LogP contribution in [0.4, 0.5) is 4.39 Å². The molecule has 0 radical (unpaired) electrons. The second-order valence-corrected chi connectivity index (χ2v) is 3.32. The molecule has 0 amide bonds. The van der Waals surface area contributed by atoms with E-state index in [1.807, 2.05) is 0 Å². The SMILES string of the molecule is COc1c(C(=O)CN)cc(Cl)c(F)c1OC. The Bertz CT molecular complexity index is 423. The summed E-state index contributed by atoms with van der Waals surface area (Å²) >= 11 is 5.62. The second-order valence-electron chi connectivity index (χ2n) is 2.91. The number of hydrogen-bond donors (Lipinski definition) is 1. The summed E-state index contributed by atoms with van der Waals surface area (Å²) in [6.45, 7) is -0.221. The van der Waals surface area contributed by atoms with Crippen LogP contribution in [0.2, 0.25) is 5.02 Å². The third-order valence-corrected chi connectivity index (χ3v) is 2.30. The van der Waals surface area contributed by atoms with E-state index < -0.39 is 11.6 Å². The minimum absolute atomic E-state index is 0.000139. The van der Waals surface area contributed by atoms with Gasteiger partial charge in [0.1, 0.15) is 0 Å². The van der Waals surface area contributed by atoms with Crippen LogP contribution in [-0.2, 0) is 0 Å². The standard InChI is InChI=1S/C10H11ClFNO3/c1-15-9-5(7(14)4-13)3-6(11)8(12)10(9)16-2/h3H,4,13H2,1-2H3. The summed E-state index contributed by atoms with van der Waals surface area (Å²) in [5.41, 5.74) is 5.33. The summed E-state index contributed by atoms with van der Waals surface area (Å²) in [4.78, 5) is 11.5. The van der Waals surface area contributed by atoms with Gasteiger partial charge in [0.25, 0.3) is 0 Å². The fourth-order valence-electron chi connectivity index (χ4n) is 1.29. The molecule has 4 nitrogen and oxygen atoms in total. The van der Waals surface area contributed by atoms with E-state index in [-0.39, 0.29) is 28.6 Å². The summed E-state index contributed by atoms with van der Waals surface area (Å²) in [6, 6.07) is 1.17. The third kappa shape index (κ3) is 2.10. The van der Waals surface area contributed by atoms with Gasteiger partial charge in [-0.15, -0.1) is 0 Å². The number of hydrogen-bond acceptors (Lipinski definition) is 4. The Morgan fingerprint density at radius 3 is 2.44 bits per heavy atom. The fourth-order valence-corrected chi connectivity index (χ4v) is 1.48. The van der Waals surface area contributed by atoms with Crippen LogP contribution < -0.4 is 15.2 Å². The van der Waals surface area contributed by atoms with Crippen LogP contribution in [0.15, 0.2) is 6.07 Å². The summed E-state index contributed by atoms with van der Waals surface area (Å²) in [5.74, 6) is -1.38. The van der Waals surface area contributed by atoms with Gasteiger partial charge in [0.05, 0.1) is 31.4 Å². The van der Waals surface area contributed by atoms with Gasteiger partial charge < -0.3 is 15.2 Å². The monoisotopic (exact) mass is 247 g/mol. The maximum atomic E-state index is 13.5. The lowest BCUT2D eigenvalue weighted by molar-refractivity contribution is 0.0997. The van der Waals surface area contributed by atoms with Gasteiger partial charge in [-0.3, -0.25) is 4.79 Å². The number of ether oxygens (including phenoxy) is 2. The zero-order valence-corrected chi connectivity index (χ0v) is 9.60. The van der Waals surface area contributed by atoms with Crippen molar-refractivity contribution in [2.45, 2.75) is 0 Å². The molecule has 1 aromatic carbocycles. The molecule has 0 bridgehead atoms. The molecule has 0 heterocycles. The van der Waals surface area contributed by atoms with E-state index in [0.29, 0.717) is 0 Å². The van der Waals surface area contributed by atoms with Gasteiger partial charge in [0, 0.05) is 0 Å². The van der Waals surface area contributed by atoms with Gasteiger partial charge in [-0.2, -0.15) is 0 Å². The molecular formula is C10H11ClFNO3. The number of benzene rings is 1. The number of carbonyl (C=O) groups excluding carboxylic acids is 1. The van der Waals surface area contributed by atoms with E-state index in [2.05, 4.69) is 0 Å². The van der Waals surface area contributed by atoms with Gasteiger partial charge in [0.2, 0.25) is 0 Å². The molecule has 0 aliphatic heterocycles. The van der Waals surface area contributed by atoms with Crippen molar-refractivity contribution in [2.75, 3.05) is 20.8 Å². The fraction of sp³-hybridized carbons (Fsp3) is 0.300. The number of Topliss-reactive ketones (excluding diaryl/α,β-unsaturated/α-hetero) is 1. The van der Waals surface area contributed by atoms with Crippen LogP contribution in [0.1, 0.15) is 10.4 Å². The number of nitrogens with two attached hydrogens (primary N) is 1. The molecule has 0 saturated heterocycles. The summed E-state index contributed by atoms with van der Waals surface area (Å²) in [5, 5.41) is -0.213. The Balaban J connectivity index is 3.49. The topological polar surface area (TPSA) is 61.5 Å². The first-order valence-corrected chi connectivity index (χ1v) is 4.77. The van der Waals surface area contributed by atoms with Crippen molar-refractivity contribution in [1.29, 1.82) is 0 Å². The van der Waals surface area contributed by atoms with Crippen molar-refractivity contribution in [1.82, 2.24) is 0 Å². The van der Waals surface area contributed by atoms with E-state index in [1.165, 1.54) is 20.3 Å². The highest BCUT2D eigenvalue weighted by Crippen LogP contribution is 2.38. The normalized spacial score (nSPS) is 10.1. The van der Waals surface area contributed by atoms with Crippen LogP contribution in [0, 0.1) is 5.82 Å². The Kier molecular flexibility index (Phi) is 4.09. The number of carbonyl (C=O) groups is 1. The highest BCUT2D eigenvalue weighted by atomic mass is 35.5. The van der Waals surface area contributed by atoms with E-state index in [4.69, 9.17) is 26.8 Å². The molecule has 0 atom stereocenters. The predicted molar refractivity (Wildman–Crippen MR) is 57.9 cm³/mol. The average molecular weight is 248 g/mol. The zero-order valence-electron chi connectivity index (χ0n) is 8.84. The van der Waals surface area contributed by atoms with Crippen molar-refractivity contribution in [3.05, 3.63) is 22.5 Å². The largest absolute Gasteiger partial charge is 0.492 e. The highest BCUT2D eigenvalue weighted by Gasteiger charge is 2.22. The van der Waals surface area contributed by atoms with E-state index in [1.54, 1.807) is 0 Å². The summed E-state index contributed by atoms with van der Waals surface area (Å²) in [7, 11) is 2.56. The summed E-state index contributed by atoms with van der Waals surface area (Å²) < 4.78 is 23.2. The summed E-state index contributed by atoms with van der Waals surface area (Å²) in [6.07, 6.45) is 0. The number of ketones is 1. The van der Waals surface area contributed by atoms with Crippen LogP contribution in [0.3, 0.4) is 0 Å². The highest BCUT2D eigenvalue weighted by molar-refractivity contribution is 6.31. The second kappa shape index (κ2) is 5.14.